The van der Waals surface area contributed by atoms with E-state index in [2.05, 4.69) is 14.8 Å². The lowest BCUT2D eigenvalue weighted by Crippen LogP contribution is -2.50. The molecule has 0 aliphatic carbocycles. The summed E-state index contributed by atoms with van der Waals surface area (Å²) in [6, 6.07) is 5.79. The molecule has 0 unspecified atom stereocenters. The fourth-order valence-corrected chi connectivity index (χ4v) is 4.00. The summed E-state index contributed by atoms with van der Waals surface area (Å²) in [5.74, 6) is 0.339. The summed E-state index contributed by atoms with van der Waals surface area (Å²) >= 11 is 0. The first kappa shape index (κ1) is 18.8. The van der Waals surface area contributed by atoms with E-state index in [1.807, 2.05) is 18.2 Å². The van der Waals surface area contributed by atoms with Crippen molar-refractivity contribution in [2.24, 2.45) is 5.92 Å². The van der Waals surface area contributed by atoms with Gasteiger partial charge in [0, 0.05) is 43.0 Å². The fraction of sp³-hybridized carbons (Fsp3) is 0.524. The van der Waals surface area contributed by atoms with Crippen LogP contribution in [0.15, 0.2) is 24.4 Å². The molecule has 0 spiro atoms. The predicted molar refractivity (Wildman–Crippen MR) is 107 cm³/mol. The second-order valence-electron chi connectivity index (χ2n) is 7.54. The van der Waals surface area contributed by atoms with Gasteiger partial charge in [-0.15, -0.1) is 0 Å². The molecule has 1 aromatic carbocycles. The molecule has 2 saturated heterocycles. The topological polar surface area (TPSA) is 75.1 Å². The summed E-state index contributed by atoms with van der Waals surface area (Å²) in [6.45, 7) is 5.15. The normalized spacial score (nSPS) is 17.7. The third-order valence-corrected chi connectivity index (χ3v) is 5.65. The number of carboxylic acid groups (broad SMARTS) is 1. The van der Waals surface area contributed by atoms with Gasteiger partial charge in [0.15, 0.2) is 11.5 Å². The van der Waals surface area contributed by atoms with Crippen molar-refractivity contribution in [1.29, 1.82) is 0 Å². The van der Waals surface area contributed by atoms with Gasteiger partial charge >= 0.3 is 5.97 Å². The molecule has 1 aromatic heterocycles. The minimum absolute atomic E-state index is 0.302. The number of pyridine rings is 1. The molecule has 1 N–H and O–H groups in total. The number of aliphatic carboxylic acids is 1. The van der Waals surface area contributed by atoms with Crippen LogP contribution in [0.2, 0.25) is 0 Å². The average Bonchev–Trinajstić information content (AvgIpc) is 3.16. The van der Waals surface area contributed by atoms with Gasteiger partial charge in [-0.25, -0.2) is 0 Å². The van der Waals surface area contributed by atoms with E-state index in [1.54, 1.807) is 13.3 Å². The van der Waals surface area contributed by atoms with Crippen LogP contribution >= 0.6 is 0 Å². The van der Waals surface area contributed by atoms with Crippen molar-refractivity contribution in [3.05, 3.63) is 24.4 Å². The number of ether oxygens (including phenoxy) is 2. The molecule has 0 radical (unpaired) electrons. The fourth-order valence-electron chi connectivity index (χ4n) is 4.00. The van der Waals surface area contributed by atoms with Crippen molar-refractivity contribution >= 4 is 22.6 Å². The van der Waals surface area contributed by atoms with Gasteiger partial charge in [-0.2, -0.15) is 0 Å². The highest BCUT2D eigenvalue weighted by Gasteiger charge is 2.33. The quantitative estimate of drug-likeness (QED) is 0.700. The number of hydrogen-bond acceptors (Lipinski definition) is 6. The minimum Gasteiger partial charge on any atom is -0.493 e. The van der Waals surface area contributed by atoms with Gasteiger partial charge in [0.1, 0.15) is 0 Å². The molecule has 2 fully saturated rings. The molecule has 2 aliphatic heterocycles. The Bertz CT molecular complexity index is 845. The second-order valence-corrected chi connectivity index (χ2v) is 7.54. The Morgan fingerprint density at radius 3 is 2.75 bits per heavy atom. The highest BCUT2D eigenvalue weighted by molar-refractivity contribution is 5.94. The van der Waals surface area contributed by atoms with Crippen molar-refractivity contribution in [1.82, 2.24) is 9.88 Å². The molecule has 0 atom stereocenters. The lowest BCUT2D eigenvalue weighted by molar-refractivity contribution is -0.142. The number of carboxylic acids is 1. The Morgan fingerprint density at radius 1 is 1.25 bits per heavy atom. The standard InChI is InChI=1S/C21H27N3O4/c1-27-19-11-16-17(12-20(19)28-10-4-9-23-7-2-3-8-23)22-6-5-18(16)24-13-15(14-24)21(25)26/h5-6,11-12,15H,2-4,7-10,13-14H2,1H3,(H,25,26). The predicted octanol–water partition coefficient (Wildman–Crippen LogP) is 2.63. The number of benzene rings is 1. The van der Waals surface area contributed by atoms with Crippen LogP contribution < -0.4 is 14.4 Å². The van der Waals surface area contributed by atoms with Crippen molar-refractivity contribution in [2.45, 2.75) is 19.3 Å². The first-order valence-electron chi connectivity index (χ1n) is 9.95. The number of aromatic nitrogens is 1. The molecule has 3 heterocycles. The second kappa shape index (κ2) is 8.22. The van der Waals surface area contributed by atoms with Gasteiger partial charge in [0.25, 0.3) is 0 Å². The molecular weight excluding hydrogens is 358 g/mol. The maximum atomic E-state index is 11.1. The van der Waals surface area contributed by atoms with E-state index in [0.29, 0.717) is 31.2 Å². The SMILES string of the molecule is COc1cc2c(N3CC(C(=O)O)C3)ccnc2cc1OCCCN1CCCC1. The molecule has 2 aromatic rings. The van der Waals surface area contributed by atoms with Crippen LogP contribution in [0.5, 0.6) is 11.5 Å². The Kier molecular flexibility index (Phi) is 5.52. The van der Waals surface area contributed by atoms with Gasteiger partial charge in [0.05, 0.1) is 25.2 Å². The summed E-state index contributed by atoms with van der Waals surface area (Å²) in [5, 5.41) is 10.1. The monoisotopic (exact) mass is 385 g/mol. The first-order chi connectivity index (χ1) is 13.7. The highest BCUT2D eigenvalue weighted by atomic mass is 16.5. The van der Waals surface area contributed by atoms with Crippen molar-refractivity contribution in [3.63, 3.8) is 0 Å². The van der Waals surface area contributed by atoms with E-state index in [-0.39, 0.29) is 5.92 Å². The van der Waals surface area contributed by atoms with Crippen LogP contribution in [0.4, 0.5) is 5.69 Å². The van der Waals surface area contributed by atoms with Crippen LogP contribution in [0.1, 0.15) is 19.3 Å². The third-order valence-electron chi connectivity index (χ3n) is 5.65. The number of nitrogens with zero attached hydrogens (tertiary/aromatic N) is 3. The summed E-state index contributed by atoms with van der Waals surface area (Å²) in [7, 11) is 1.64. The molecule has 0 saturated carbocycles. The van der Waals surface area contributed by atoms with Crippen molar-refractivity contribution in [3.8, 4) is 11.5 Å². The number of anilines is 1. The lowest BCUT2D eigenvalue weighted by Gasteiger charge is -2.39. The van der Waals surface area contributed by atoms with Gasteiger partial charge in [-0.1, -0.05) is 0 Å². The lowest BCUT2D eigenvalue weighted by atomic mass is 9.98. The zero-order chi connectivity index (χ0) is 19.5. The Balaban J connectivity index is 1.47. The van der Waals surface area contributed by atoms with Gasteiger partial charge < -0.3 is 24.4 Å². The zero-order valence-electron chi connectivity index (χ0n) is 16.3. The van der Waals surface area contributed by atoms with E-state index in [4.69, 9.17) is 14.6 Å². The summed E-state index contributed by atoms with van der Waals surface area (Å²) < 4.78 is 11.6. The van der Waals surface area contributed by atoms with E-state index in [9.17, 15) is 4.79 Å². The van der Waals surface area contributed by atoms with Crippen molar-refractivity contribution < 1.29 is 19.4 Å². The highest BCUT2D eigenvalue weighted by Crippen LogP contribution is 2.37. The smallest absolute Gasteiger partial charge is 0.310 e. The molecule has 4 rings (SSSR count). The van der Waals surface area contributed by atoms with Crippen LogP contribution in [0.3, 0.4) is 0 Å². The van der Waals surface area contributed by atoms with E-state index in [1.165, 1.54) is 25.9 Å². The molecule has 7 heteroatoms. The van der Waals surface area contributed by atoms with Gasteiger partial charge in [0.2, 0.25) is 0 Å². The maximum Gasteiger partial charge on any atom is 0.310 e. The van der Waals surface area contributed by atoms with Gasteiger partial charge in [-0.05, 0) is 44.5 Å². The number of hydrogen-bond donors (Lipinski definition) is 1. The van der Waals surface area contributed by atoms with E-state index >= 15 is 0 Å². The van der Waals surface area contributed by atoms with Crippen LogP contribution in [-0.2, 0) is 4.79 Å². The van der Waals surface area contributed by atoms with Crippen LogP contribution in [0.25, 0.3) is 10.9 Å². The average molecular weight is 385 g/mol. The molecular formula is C21H27N3O4. The molecule has 28 heavy (non-hydrogen) atoms. The Morgan fingerprint density at radius 2 is 2.04 bits per heavy atom. The summed E-state index contributed by atoms with van der Waals surface area (Å²) in [6.07, 6.45) is 5.35. The number of rotatable bonds is 8. The number of carbonyl (C=O) groups is 1. The molecule has 150 valence electrons. The molecule has 2 aliphatic rings. The summed E-state index contributed by atoms with van der Waals surface area (Å²) in [4.78, 5) is 20.1. The third kappa shape index (κ3) is 3.85. The first-order valence-corrected chi connectivity index (χ1v) is 9.95. The van der Waals surface area contributed by atoms with E-state index in [0.717, 1.165) is 29.6 Å². The largest absolute Gasteiger partial charge is 0.493 e. The molecule has 0 amide bonds. The number of fused-ring (bicyclic) bond motifs is 1. The molecule has 0 bridgehead atoms. The molecule has 7 nitrogen and oxygen atoms in total. The minimum atomic E-state index is -0.739. The van der Waals surface area contributed by atoms with E-state index < -0.39 is 5.97 Å². The summed E-state index contributed by atoms with van der Waals surface area (Å²) in [5.41, 5.74) is 1.81. The van der Waals surface area contributed by atoms with Crippen LogP contribution in [-0.4, -0.2) is 67.4 Å². The van der Waals surface area contributed by atoms with Crippen LogP contribution in [0, 0.1) is 5.92 Å². The zero-order valence-corrected chi connectivity index (χ0v) is 16.3. The number of methoxy groups -OCH3 is 1. The number of likely N-dealkylation sites (tertiary alicyclic amines) is 1. The van der Waals surface area contributed by atoms with Crippen molar-refractivity contribution in [2.75, 3.05) is 51.3 Å². The Hall–Kier alpha value is -2.54. The Labute approximate surface area is 164 Å². The van der Waals surface area contributed by atoms with Gasteiger partial charge in [-0.3, -0.25) is 9.78 Å². The maximum absolute atomic E-state index is 11.1.